The first-order valence-electron chi connectivity index (χ1n) is 8.73. The first kappa shape index (κ1) is 20.5. The summed E-state index contributed by atoms with van der Waals surface area (Å²) in [6, 6.07) is 13.2. The molecule has 146 valence electrons. The van der Waals surface area contributed by atoms with E-state index in [2.05, 4.69) is 26.4 Å². The second-order valence-electron chi connectivity index (χ2n) is 5.82. The van der Waals surface area contributed by atoms with Crippen LogP contribution in [0.3, 0.4) is 0 Å². The number of aliphatic imine (C=N–C) groups is 1. The van der Waals surface area contributed by atoms with Crippen molar-refractivity contribution in [3.63, 3.8) is 0 Å². The molecule has 7 heteroatoms. The van der Waals surface area contributed by atoms with Gasteiger partial charge in [-0.05, 0) is 25.5 Å². The molecule has 5 nitrogen and oxygen atoms in total. The van der Waals surface area contributed by atoms with Crippen LogP contribution < -0.4 is 20.1 Å². The zero-order chi connectivity index (χ0) is 19.6. The molecule has 0 amide bonds. The highest BCUT2D eigenvalue weighted by Crippen LogP contribution is 2.32. The molecule has 0 bridgehead atoms. The molecule has 2 aromatic carbocycles. The van der Waals surface area contributed by atoms with E-state index in [1.54, 1.807) is 32.2 Å². The number of hydrogen-bond donors (Lipinski definition) is 2. The number of alkyl halides is 2. The Morgan fingerprint density at radius 1 is 1.11 bits per heavy atom. The van der Waals surface area contributed by atoms with Crippen LogP contribution in [0.2, 0.25) is 0 Å². The standard InChI is InChI=1S/C20H25F2N3O2/c1-4-26-17-10-6-9-16(18(17)27-19(21)22)13-25-20(23-3)24-12-15-8-5-7-14(2)11-15/h5-11,19H,4,12-13H2,1-3H3,(H2,23,24,25). The van der Waals surface area contributed by atoms with Crippen molar-refractivity contribution in [2.75, 3.05) is 13.7 Å². The second-order valence-corrected chi connectivity index (χ2v) is 5.82. The van der Waals surface area contributed by atoms with E-state index >= 15 is 0 Å². The Labute approximate surface area is 158 Å². The smallest absolute Gasteiger partial charge is 0.387 e. The second kappa shape index (κ2) is 10.4. The summed E-state index contributed by atoms with van der Waals surface area (Å²) >= 11 is 0. The highest BCUT2D eigenvalue weighted by Gasteiger charge is 2.16. The number of para-hydroxylation sites is 1. The minimum Gasteiger partial charge on any atom is -0.490 e. The predicted octanol–water partition coefficient (Wildman–Crippen LogP) is 3.86. The Hall–Kier alpha value is -2.83. The number of nitrogens with zero attached hydrogens (tertiary/aromatic N) is 1. The monoisotopic (exact) mass is 377 g/mol. The van der Waals surface area contributed by atoms with E-state index in [1.807, 2.05) is 25.1 Å². The summed E-state index contributed by atoms with van der Waals surface area (Å²) in [7, 11) is 1.65. The van der Waals surface area contributed by atoms with Gasteiger partial charge in [0.15, 0.2) is 17.5 Å². The summed E-state index contributed by atoms with van der Waals surface area (Å²) < 4.78 is 35.7. The van der Waals surface area contributed by atoms with Crippen LogP contribution in [0, 0.1) is 6.92 Å². The molecule has 2 rings (SSSR count). The van der Waals surface area contributed by atoms with Gasteiger partial charge in [-0.25, -0.2) is 0 Å². The van der Waals surface area contributed by atoms with Crippen LogP contribution in [0.4, 0.5) is 8.78 Å². The van der Waals surface area contributed by atoms with Gasteiger partial charge in [0.2, 0.25) is 0 Å². The Morgan fingerprint density at radius 3 is 2.52 bits per heavy atom. The highest BCUT2D eigenvalue weighted by molar-refractivity contribution is 5.79. The average Bonchev–Trinajstić information content (AvgIpc) is 2.64. The van der Waals surface area contributed by atoms with Crippen LogP contribution in [-0.2, 0) is 13.1 Å². The third-order valence-corrected chi connectivity index (χ3v) is 3.78. The maximum atomic E-state index is 12.8. The fourth-order valence-electron chi connectivity index (χ4n) is 2.60. The van der Waals surface area contributed by atoms with Crippen LogP contribution in [0.15, 0.2) is 47.5 Å². The zero-order valence-electron chi connectivity index (χ0n) is 15.8. The van der Waals surface area contributed by atoms with Crippen molar-refractivity contribution in [3.05, 3.63) is 59.2 Å². The quantitative estimate of drug-likeness (QED) is 0.542. The van der Waals surface area contributed by atoms with Crippen molar-refractivity contribution in [1.29, 1.82) is 0 Å². The minimum atomic E-state index is -2.93. The van der Waals surface area contributed by atoms with E-state index in [0.29, 0.717) is 30.4 Å². The number of ether oxygens (including phenoxy) is 2. The van der Waals surface area contributed by atoms with Crippen molar-refractivity contribution in [1.82, 2.24) is 10.6 Å². The van der Waals surface area contributed by atoms with Gasteiger partial charge >= 0.3 is 6.61 Å². The molecule has 0 radical (unpaired) electrons. The molecule has 0 aromatic heterocycles. The van der Waals surface area contributed by atoms with Gasteiger partial charge in [0.05, 0.1) is 6.61 Å². The van der Waals surface area contributed by atoms with E-state index in [4.69, 9.17) is 4.74 Å². The lowest BCUT2D eigenvalue weighted by Crippen LogP contribution is -2.36. The minimum absolute atomic E-state index is 0.0380. The molecule has 0 saturated heterocycles. The lowest BCUT2D eigenvalue weighted by atomic mass is 10.1. The van der Waals surface area contributed by atoms with E-state index in [-0.39, 0.29) is 12.3 Å². The van der Waals surface area contributed by atoms with Gasteiger partial charge in [-0.2, -0.15) is 8.78 Å². The maximum Gasteiger partial charge on any atom is 0.387 e. The van der Waals surface area contributed by atoms with Crippen molar-refractivity contribution in [3.8, 4) is 11.5 Å². The molecular formula is C20H25F2N3O2. The number of nitrogens with one attached hydrogen (secondary N) is 2. The molecule has 0 aliphatic carbocycles. The van der Waals surface area contributed by atoms with Crippen molar-refractivity contribution < 1.29 is 18.3 Å². The van der Waals surface area contributed by atoms with Crippen LogP contribution in [0.1, 0.15) is 23.6 Å². The predicted molar refractivity (Wildman–Crippen MR) is 102 cm³/mol. The Balaban J connectivity index is 2.03. The molecule has 0 fully saturated rings. The third-order valence-electron chi connectivity index (χ3n) is 3.78. The molecule has 0 saturated carbocycles. The summed E-state index contributed by atoms with van der Waals surface area (Å²) in [6.45, 7) is 2.11. The van der Waals surface area contributed by atoms with Gasteiger partial charge in [-0.1, -0.05) is 42.0 Å². The fourth-order valence-corrected chi connectivity index (χ4v) is 2.60. The van der Waals surface area contributed by atoms with Gasteiger partial charge in [0.25, 0.3) is 0 Å². The van der Waals surface area contributed by atoms with Crippen molar-refractivity contribution in [2.24, 2.45) is 4.99 Å². The topological polar surface area (TPSA) is 54.9 Å². The number of hydrogen-bond acceptors (Lipinski definition) is 3. The first-order valence-corrected chi connectivity index (χ1v) is 8.73. The van der Waals surface area contributed by atoms with Crippen LogP contribution in [0.5, 0.6) is 11.5 Å². The number of rotatable bonds is 8. The van der Waals surface area contributed by atoms with Crippen LogP contribution in [-0.4, -0.2) is 26.2 Å². The normalized spacial score (nSPS) is 11.4. The molecular weight excluding hydrogens is 352 g/mol. The number of benzene rings is 2. The van der Waals surface area contributed by atoms with Gasteiger partial charge < -0.3 is 20.1 Å². The zero-order valence-corrected chi connectivity index (χ0v) is 15.8. The molecule has 0 aliphatic heterocycles. The summed E-state index contributed by atoms with van der Waals surface area (Å²) in [5.41, 5.74) is 2.86. The summed E-state index contributed by atoms with van der Waals surface area (Å²) in [5, 5.41) is 6.31. The number of halogens is 2. The van der Waals surface area contributed by atoms with Gasteiger partial charge in [-0.3, -0.25) is 4.99 Å². The van der Waals surface area contributed by atoms with Crippen LogP contribution in [0.25, 0.3) is 0 Å². The lowest BCUT2D eigenvalue weighted by molar-refractivity contribution is -0.0520. The molecule has 27 heavy (non-hydrogen) atoms. The molecule has 2 N–H and O–H groups in total. The molecule has 0 aliphatic rings. The summed E-state index contributed by atoms with van der Waals surface area (Å²) in [5.74, 6) is 0.886. The summed E-state index contributed by atoms with van der Waals surface area (Å²) in [6.07, 6.45) is 0. The first-order chi connectivity index (χ1) is 13.0. The van der Waals surface area contributed by atoms with E-state index in [0.717, 1.165) is 5.56 Å². The van der Waals surface area contributed by atoms with Gasteiger partial charge in [0, 0.05) is 25.7 Å². The fraction of sp³-hybridized carbons (Fsp3) is 0.350. The SMILES string of the molecule is CCOc1cccc(CNC(=NC)NCc2cccc(C)c2)c1OC(F)F. The van der Waals surface area contributed by atoms with Crippen molar-refractivity contribution in [2.45, 2.75) is 33.5 Å². The highest BCUT2D eigenvalue weighted by atomic mass is 19.3. The Kier molecular flexibility index (Phi) is 7.85. The van der Waals surface area contributed by atoms with Gasteiger partial charge in [-0.15, -0.1) is 0 Å². The van der Waals surface area contributed by atoms with E-state index < -0.39 is 6.61 Å². The lowest BCUT2D eigenvalue weighted by Gasteiger charge is -2.17. The van der Waals surface area contributed by atoms with Crippen molar-refractivity contribution >= 4 is 5.96 Å². The molecule has 0 atom stereocenters. The molecule has 0 unspecified atom stereocenters. The third kappa shape index (κ3) is 6.44. The maximum absolute atomic E-state index is 12.8. The van der Waals surface area contributed by atoms with Gasteiger partial charge in [0.1, 0.15) is 0 Å². The molecule has 0 spiro atoms. The molecule has 0 heterocycles. The Morgan fingerprint density at radius 2 is 1.85 bits per heavy atom. The number of aryl methyl sites for hydroxylation is 1. The summed E-state index contributed by atoms with van der Waals surface area (Å²) in [4.78, 5) is 4.16. The average molecular weight is 377 g/mol. The largest absolute Gasteiger partial charge is 0.490 e. The van der Waals surface area contributed by atoms with Crippen LogP contribution >= 0.6 is 0 Å². The van der Waals surface area contributed by atoms with E-state index in [1.165, 1.54) is 5.56 Å². The Bertz CT molecular complexity index is 767. The molecule has 2 aromatic rings. The van der Waals surface area contributed by atoms with E-state index in [9.17, 15) is 8.78 Å². The number of guanidine groups is 1.